The molecule has 0 aromatic carbocycles. The van der Waals surface area contributed by atoms with Crippen molar-refractivity contribution in [2.75, 3.05) is 0 Å². The van der Waals surface area contributed by atoms with Crippen molar-refractivity contribution in [3.8, 4) is 0 Å². The van der Waals surface area contributed by atoms with E-state index in [1.807, 2.05) is 0 Å². The van der Waals surface area contributed by atoms with E-state index >= 15 is 0 Å². The highest BCUT2D eigenvalue weighted by atomic mass is 16.1. The molecule has 1 saturated carbocycles. The molecule has 0 amide bonds. The lowest BCUT2D eigenvalue weighted by atomic mass is 9.77. The van der Waals surface area contributed by atoms with E-state index in [-0.39, 0.29) is 0 Å². The molecule has 1 fully saturated rings. The summed E-state index contributed by atoms with van der Waals surface area (Å²) in [6.07, 6.45) is 13.4. The van der Waals surface area contributed by atoms with Crippen LogP contribution in [0, 0.1) is 11.8 Å². The highest BCUT2D eigenvalue weighted by Gasteiger charge is 2.25. The van der Waals surface area contributed by atoms with Gasteiger partial charge in [-0.05, 0) is 25.2 Å². The number of carbonyl (C=O) groups is 1. The average Bonchev–Trinajstić information content (AvgIpc) is 2.38. The summed E-state index contributed by atoms with van der Waals surface area (Å²) in [5.41, 5.74) is 0. The van der Waals surface area contributed by atoms with Crippen molar-refractivity contribution >= 4 is 5.78 Å². The van der Waals surface area contributed by atoms with Crippen molar-refractivity contribution in [1.29, 1.82) is 0 Å². The summed E-state index contributed by atoms with van der Waals surface area (Å²) in [4.78, 5) is 12.1. The molecular formula is C16H30O. The van der Waals surface area contributed by atoms with Crippen LogP contribution in [0.4, 0.5) is 0 Å². The zero-order valence-electron chi connectivity index (χ0n) is 11.8. The first-order valence-corrected chi connectivity index (χ1v) is 7.80. The number of hydrogen-bond donors (Lipinski definition) is 0. The molecule has 17 heavy (non-hydrogen) atoms. The molecule has 2 unspecified atom stereocenters. The first-order chi connectivity index (χ1) is 8.27. The van der Waals surface area contributed by atoms with E-state index in [1.165, 1.54) is 57.8 Å². The van der Waals surface area contributed by atoms with E-state index in [0.29, 0.717) is 11.7 Å². The number of ketones is 1. The number of carbonyl (C=O) groups excluding carboxylic acids is 1. The van der Waals surface area contributed by atoms with E-state index in [1.54, 1.807) is 0 Å². The van der Waals surface area contributed by atoms with Gasteiger partial charge in [0.05, 0.1) is 0 Å². The summed E-state index contributed by atoms with van der Waals surface area (Å²) in [6.45, 7) is 4.50. The Morgan fingerprint density at radius 3 is 2.53 bits per heavy atom. The van der Waals surface area contributed by atoms with Crippen LogP contribution in [0.1, 0.15) is 84.5 Å². The summed E-state index contributed by atoms with van der Waals surface area (Å²) in [5, 5.41) is 0. The van der Waals surface area contributed by atoms with Crippen molar-refractivity contribution in [3.63, 3.8) is 0 Å². The van der Waals surface area contributed by atoms with Gasteiger partial charge in [0.1, 0.15) is 5.78 Å². The Balaban J connectivity index is 2.14. The highest BCUT2D eigenvalue weighted by Crippen LogP contribution is 2.32. The molecule has 0 spiro atoms. The predicted molar refractivity (Wildman–Crippen MR) is 74.1 cm³/mol. The minimum absolute atomic E-state index is 0.417. The molecule has 2 atom stereocenters. The molecule has 1 aliphatic carbocycles. The molecule has 0 bridgehead atoms. The van der Waals surface area contributed by atoms with Crippen LogP contribution in [0.5, 0.6) is 0 Å². The molecule has 0 aromatic rings. The molecule has 1 nitrogen and oxygen atoms in total. The van der Waals surface area contributed by atoms with Crippen molar-refractivity contribution in [3.05, 3.63) is 0 Å². The summed E-state index contributed by atoms with van der Waals surface area (Å²) < 4.78 is 0. The molecule has 0 radical (unpaired) electrons. The maximum atomic E-state index is 12.1. The van der Waals surface area contributed by atoms with Gasteiger partial charge >= 0.3 is 0 Å². The minimum atomic E-state index is 0.417. The molecule has 0 saturated heterocycles. The normalized spacial score (nSPS) is 24.8. The van der Waals surface area contributed by atoms with Crippen LogP contribution < -0.4 is 0 Å². The lowest BCUT2D eigenvalue weighted by molar-refractivity contribution is -0.124. The van der Waals surface area contributed by atoms with Gasteiger partial charge in [-0.15, -0.1) is 0 Å². The number of Topliss-reactive ketones (excluding diaryl/α,β-unsaturated/α-hetero) is 1. The molecule has 1 heteroatoms. The second kappa shape index (κ2) is 8.72. The fourth-order valence-corrected chi connectivity index (χ4v) is 3.06. The van der Waals surface area contributed by atoms with Crippen LogP contribution in [0.2, 0.25) is 0 Å². The van der Waals surface area contributed by atoms with Gasteiger partial charge in [-0.1, -0.05) is 58.8 Å². The van der Waals surface area contributed by atoms with Crippen molar-refractivity contribution in [2.24, 2.45) is 11.8 Å². The lowest BCUT2D eigenvalue weighted by Gasteiger charge is -2.27. The zero-order valence-corrected chi connectivity index (χ0v) is 11.8. The van der Waals surface area contributed by atoms with Gasteiger partial charge in [0.2, 0.25) is 0 Å². The molecule has 0 heterocycles. The fraction of sp³-hybridized carbons (Fsp3) is 0.938. The third-order valence-corrected chi connectivity index (χ3v) is 4.34. The second-order valence-corrected chi connectivity index (χ2v) is 5.77. The Morgan fingerprint density at radius 2 is 1.82 bits per heavy atom. The van der Waals surface area contributed by atoms with Gasteiger partial charge in [0.15, 0.2) is 0 Å². The van der Waals surface area contributed by atoms with Crippen molar-refractivity contribution < 1.29 is 4.79 Å². The Morgan fingerprint density at radius 1 is 1.06 bits per heavy atom. The second-order valence-electron chi connectivity index (χ2n) is 5.77. The third kappa shape index (κ3) is 5.70. The van der Waals surface area contributed by atoms with Gasteiger partial charge in [-0.25, -0.2) is 0 Å². The standard InChI is InChI=1S/C16H30O/c1-3-5-6-7-8-12-16(17)15-11-9-10-14(4-2)13-15/h14-15H,3-13H2,1-2H3. The Hall–Kier alpha value is -0.330. The molecule has 1 rings (SSSR count). The highest BCUT2D eigenvalue weighted by molar-refractivity contribution is 5.81. The minimum Gasteiger partial charge on any atom is -0.299 e. The predicted octanol–water partition coefficient (Wildman–Crippen LogP) is 5.13. The molecule has 0 N–H and O–H groups in total. The van der Waals surface area contributed by atoms with Crippen LogP contribution in [-0.2, 0) is 4.79 Å². The lowest BCUT2D eigenvalue weighted by Crippen LogP contribution is -2.22. The van der Waals surface area contributed by atoms with Gasteiger partial charge < -0.3 is 0 Å². The van der Waals surface area contributed by atoms with Gasteiger partial charge in [0.25, 0.3) is 0 Å². The smallest absolute Gasteiger partial charge is 0.135 e. The monoisotopic (exact) mass is 238 g/mol. The molecule has 0 aromatic heterocycles. The van der Waals surface area contributed by atoms with Crippen LogP contribution in [0.15, 0.2) is 0 Å². The summed E-state index contributed by atoms with van der Waals surface area (Å²) >= 11 is 0. The van der Waals surface area contributed by atoms with Gasteiger partial charge in [-0.2, -0.15) is 0 Å². The average molecular weight is 238 g/mol. The third-order valence-electron chi connectivity index (χ3n) is 4.34. The topological polar surface area (TPSA) is 17.1 Å². The fourth-order valence-electron chi connectivity index (χ4n) is 3.06. The van der Waals surface area contributed by atoms with E-state index in [2.05, 4.69) is 13.8 Å². The van der Waals surface area contributed by atoms with E-state index in [9.17, 15) is 4.79 Å². The van der Waals surface area contributed by atoms with Crippen LogP contribution in [-0.4, -0.2) is 5.78 Å². The van der Waals surface area contributed by atoms with Crippen LogP contribution in [0.3, 0.4) is 0 Å². The summed E-state index contributed by atoms with van der Waals surface area (Å²) in [5.74, 6) is 1.82. The number of rotatable bonds is 8. The molecule has 1 aliphatic rings. The number of hydrogen-bond acceptors (Lipinski definition) is 1. The van der Waals surface area contributed by atoms with E-state index in [0.717, 1.165) is 18.8 Å². The first kappa shape index (κ1) is 14.7. The largest absolute Gasteiger partial charge is 0.299 e. The van der Waals surface area contributed by atoms with Gasteiger partial charge in [-0.3, -0.25) is 4.79 Å². The summed E-state index contributed by atoms with van der Waals surface area (Å²) in [7, 11) is 0. The first-order valence-electron chi connectivity index (χ1n) is 7.80. The Kier molecular flexibility index (Phi) is 7.55. The van der Waals surface area contributed by atoms with Crippen molar-refractivity contribution in [2.45, 2.75) is 84.5 Å². The van der Waals surface area contributed by atoms with Crippen LogP contribution in [0.25, 0.3) is 0 Å². The molecule has 0 aliphatic heterocycles. The SMILES string of the molecule is CCCCCCCC(=O)C1CCCC(CC)C1. The maximum Gasteiger partial charge on any atom is 0.135 e. The van der Waals surface area contributed by atoms with E-state index in [4.69, 9.17) is 0 Å². The Labute approximate surface area is 107 Å². The summed E-state index contributed by atoms with van der Waals surface area (Å²) in [6, 6.07) is 0. The van der Waals surface area contributed by atoms with Crippen molar-refractivity contribution in [1.82, 2.24) is 0 Å². The molecular weight excluding hydrogens is 208 g/mol. The van der Waals surface area contributed by atoms with Gasteiger partial charge in [0, 0.05) is 12.3 Å². The quantitative estimate of drug-likeness (QED) is 0.536. The number of unbranched alkanes of at least 4 members (excludes halogenated alkanes) is 4. The molecule has 100 valence electrons. The van der Waals surface area contributed by atoms with Crippen LogP contribution >= 0.6 is 0 Å². The Bertz CT molecular complexity index is 210. The maximum absolute atomic E-state index is 12.1. The zero-order chi connectivity index (χ0) is 12.5. The van der Waals surface area contributed by atoms with E-state index < -0.39 is 0 Å².